The number of hydrogen-bond donors (Lipinski definition) is 1. The molecule has 2 aromatic rings. The molecule has 1 unspecified atom stereocenters. The fourth-order valence-corrected chi connectivity index (χ4v) is 3.05. The maximum absolute atomic E-state index is 12.3. The number of nitrogens with zero attached hydrogens (tertiary/aromatic N) is 1. The predicted octanol–water partition coefficient (Wildman–Crippen LogP) is 2.16. The zero-order valence-corrected chi connectivity index (χ0v) is 13.5. The summed E-state index contributed by atoms with van der Waals surface area (Å²) in [4.78, 5) is 35.7. The molecule has 0 bridgehead atoms. The van der Waals surface area contributed by atoms with Gasteiger partial charge in [-0.15, -0.1) is 0 Å². The van der Waals surface area contributed by atoms with Crippen molar-refractivity contribution in [1.29, 1.82) is 0 Å². The molecule has 2 heterocycles. The maximum Gasteiger partial charge on any atom is 0.420 e. The molecule has 1 aromatic heterocycles. The Morgan fingerprint density at radius 3 is 2.65 bits per heavy atom. The number of carbonyl (C=O) groups is 2. The standard InChI is InChI=1S/C17H20N2O4/c1-17(2,3)9-10-5-4-6-11-14(10)23-16(22)19(11)12-7-8-13(20)18-15(12)21/h4-6,12H,7-9H2,1-3H3,(H,18,20,21). The first-order valence-corrected chi connectivity index (χ1v) is 7.73. The molecule has 1 aliphatic heterocycles. The molecule has 0 radical (unpaired) electrons. The molecule has 1 aliphatic rings. The smallest absolute Gasteiger partial charge is 0.407 e. The Morgan fingerprint density at radius 2 is 2.00 bits per heavy atom. The first-order chi connectivity index (χ1) is 10.8. The van der Waals surface area contributed by atoms with Crippen molar-refractivity contribution in [1.82, 2.24) is 9.88 Å². The van der Waals surface area contributed by atoms with Crippen molar-refractivity contribution in [2.24, 2.45) is 5.41 Å². The zero-order chi connectivity index (χ0) is 16.8. The topological polar surface area (TPSA) is 81.3 Å². The molecule has 0 spiro atoms. The average molecular weight is 316 g/mol. The summed E-state index contributed by atoms with van der Waals surface area (Å²) in [7, 11) is 0. The van der Waals surface area contributed by atoms with Crippen LogP contribution in [0, 0.1) is 5.41 Å². The molecule has 1 N–H and O–H groups in total. The van der Waals surface area contributed by atoms with Crippen LogP contribution < -0.4 is 11.1 Å². The van der Waals surface area contributed by atoms with E-state index in [4.69, 9.17) is 4.42 Å². The Balaban J connectivity index is 2.11. The zero-order valence-electron chi connectivity index (χ0n) is 13.5. The summed E-state index contributed by atoms with van der Waals surface area (Å²) in [6.07, 6.45) is 1.28. The Kier molecular flexibility index (Phi) is 3.62. The summed E-state index contributed by atoms with van der Waals surface area (Å²) in [5.41, 5.74) is 2.12. The number of rotatable bonds is 2. The van der Waals surface area contributed by atoms with Gasteiger partial charge in [-0.25, -0.2) is 4.79 Å². The fraction of sp³-hybridized carbons (Fsp3) is 0.471. The van der Waals surface area contributed by atoms with Crippen LogP contribution >= 0.6 is 0 Å². The number of piperidine rings is 1. The maximum atomic E-state index is 12.3. The molecule has 2 amide bonds. The van der Waals surface area contributed by atoms with E-state index in [9.17, 15) is 14.4 Å². The van der Waals surface area contributed by atoms with E-state index < -0.39 is 17.7 Å². The van der Waals surface area contributed by atoms with Crippen LogP contribution in [0.2, 0.25) is 0 Å². The van der Waals surface area contributed by atoms with Gasteiger partial charge in [0.2, 0.25) is 11.8 Å². The van der Waals surface area contributed by atoms with Gasteiger partial charge in [0.25, 0.3) is 0 Å². The van der Waals surface area contributed by atoms with Crippen LogP contribution in [0.4, 0.5) is 0 Å². The molecule has 23 heavy (non-hydrogen) atoms. The van der Waals surface area contributed by atoms with Crippen LogP contribution in [-0.2, 0) is 16.0 Å². The Labute approximate surface area is 133 Å². The summed E-state index contributed by atoms with van der Waals surface area (Å²) in [6, 6.07) is 4.87. The van der Waals surface area contributed by atoms with Crippen molar-refractivity contribution < 1.29 is 14.0 Å². The number of hydrogen-bond acceptors (Lipinski definition) is 4. The molecular weight excluding hydrogens is 296 g/mol. The first kappa shape index (κ1) is 15.5. The first-order valence-electron chi connectivity index (χ1n) is 7.73. The highest BCUT2D eigenvalue weighted by atomic mass is 16.4. The molecule has 3 rings (SSSR count). The molecular formula is C17H20N2O4. The van der Waals surface area contributed by atoms with Crippen molar-refractivity contribution in [2.45, 2.75) is 46.1 Å². The van der Waals surface area contributed by atoms with Gasteiger partial charge < -0.3 is 4.42 Å². The molecule has 1 atom stereocenters. The van der Waals surface area contributed by atoms with E-state index in [1.54, 1.807) is 6.07 Å². The lowest BCUT2D eigenvalue weighted by molar-refractivity contribution is -0.135. The highest BCUT2D eigenvalue weighted by Gasteiger charge is 2.31. The molecule has 6 nitrogen and oxygen atoms in total. The summed E-state index contributed by atoms with van der Waals surface area (Å²) >= 11 is 0. The minimum atomic E-state index is -0.702. The number of benzene rings is 1. The van der Waals surface area contributed by atoms with Crippen LogP contribution in [-0.4, -0.2) is 16.4 Å². The van der Waals surface area contributed by atoms with Crippen molar-refractivity contribution in [3.63, 3.8) is 0 Å². The van der Waals surface area contributed by atoms with Crippen LogP contribution in [0.15, 0.2) is 27.4 Å². The lowest BCUT2D eigenvalue weighted by Crippen LogP contribution is -2.43. The third kappa shape index (κ3) is 2.93. The van der Waals surface area contributed by atoms with Crippen LogP contribution in [0.5, 0.6) is 0 Å². The van der Waals surface area contributed by atoms with Crippen LogP contribution in [0.25, 0.3) is 11.1 Å². The van der Waals surface area contributed by atoms with Gasteiger partial charge in [-0.2, -0.15) is 0 Å². The summed E-state index contributed by atoms with van der Waals surface area (Å²) in [5, 5.41) is 2.28. The fourth-order valence-electron chi connectivity index (χ4n) is 3.05. The third-order valence-corrected chi connectivity index (χ3v) is 3.96. The normalized spacial score (nSPS) is 19.2. The average Bonchev–Trinajstić information content (AvgIpc) is 2.75. The van der Waals surface area contributed by atoms with Crippen LogP contribution in [0.3, 0.4) is 0 Å². The number of amides is 2. The van der Waals surface area contributed by atoms with Gasteiger partial charge >= 0.3 is 5.76 Å². The Bertz CT molecular complexity index is 838. The quantitative estimate of drug-likeness (QED) is 0.861. The second-order valence-electron chi connectivity index (χ2n) is 7.21. The largest absolute Gasteiger partial charge is 0.420 e. The number of aromatic nitrogens is 1. The summed E-state index contributed by atoms with van der Waals surface area (Å²) in [6.45, 7) is 6.34. The second kappa shape index (κ2) is 5.37. The number of para-hydroxylation sites is 1. The second-order valence-corrected chi connectivity index (χ2v) is 7.21. The molecule has 1 aromatic carbocycles. The summed E-state index contributed by atoms with van der Waals surface area (Å²) < 4.78 is 6.81. The van der Waals surface area contributed by atoms with Gasteiger partial charge in [-0.3, -0.25) is 19.5 Å². The molecule has 1 saturated heterocycles. The van der Waals surface area contributed by atoms with Crippen molar-refractivity contribution in [3.8, 4) is 0 Å². The van der Waals surface area contributed by atoms with E-state index >= 15 is 0 Å². The van der Waals surface area contributed by atoms with Crippen molar-refractivity contribution in [3.05, 3.63) is 34.3 Å². The summed E-state index contributed by atoms with van der Waals surface area (Å²) in [5.74, 6) is -1.32. The van der Waals surface area contributed by atoms with E-state index in [1.165, 1.54) is 4.57 Å². The van der Waals surface area contributed by atoms with Gasteiger partial charge in [0.1, 0.15) is 6.04 Å². The molecule has 0 aliphatic carbocycles. The van der Waals surface area contributed by atoms with E-state index in [1.807, 2.05) is 12.1 Å². The van der Waals surface area contributed by atoms with Gasteiger partial charge in [0.05, 0.1) is 5.52 Å². The van der Waals surface area contributed by atoms with E-state index in [0.29, 0.717) is 17.5 Å². The van der Waals surface area contributed by atoms with Crippen molar-refractivity contribution >= 4 is 22.9 Å². The van der Waals surface area contributed by atoms with E-state index in [0.717, 1.165) is 12.0 Å². The van der Waals surface area contributed by atoms with Gasteiger partial charge in [-0.1, -0.05) is 32.9 Å². The van der Waals surface area contributed by atoms with E-state index in [2.05, 4.69) is 26.1 Å². The predicted molar refractivity (Wildman–Crippen MR) is 85.1 cm³/mol. The number of oxazole rings is 1. The number of imide groups is 1. The van der Waals surface area contributed by atoms with Crippen LogP contribution in [0.1, 0.15) is 45.2 Å². The highest BCUT2D eigenvalue weighted by molar-refractivity contribution is 6.00. The number of nitrogens with one attached hydrogen (secondary N) is 1. The monoisotopic (exact) mass is 316 g/mol. The Hall–Kier alpha value is -2.37. The lowest BCUT2D eigenvalue weighted by atomic mass is 9.88. The van der Waals surface area contributed by atoms with Gasteiger partial charge in [0.15, 0.2) is 5.58 Å². The third-order valence-electron chi connectivity index (χ3n) is 3.96. The number of carbonyl (C=O) groups excluding carboxylic acids is 2. The van der Waals surface area contributed by atoms with Gasteiger partial charge in [0, 0.05) is 6.42 Å². The van der Waals surface area contributed by atoms with Gasteiger partial charge in [-0.05, 0) is 29.9 Å². The SMILES string of the molecule is CC(C)(C)Cc1cccc2c1oc(=O)n2C1CCC(=O)NC1=O. The Morgan fingerprint density at radius 1 is 1.26 bits per heavy atom. The van der Waals surface area contributed by atoms with Crippen molar-refractivity contribution in [2.75, 3.05) is 0 Å². The molecule has 6 heteroatoms. The molecule has 122 valence electrons. The minimum absolute atomic E-state index is 0.0452. The number of fused-ring (bicyclic) bond motifs is 1. The molecule has 1 fully saturated rings. The lowest BCUT2D eigenvalue weighted by Gasteiger charge is -2.21. The van der Waals surface area contributed by atoms with E-state index in [-0.39, 0.29) is 17.7 Å². The minimum Gasteiger partial charge on any atom is -0.407 e. The molecule has 0 saturated carbocycles. The highest BCUT2D eigenvalue weighted by Crippen LogP contribution is 2.29.